The van der Waals surface area contributed by atoms with Gasteiger partial charge < -0.3 is 4.90 Å². The fraction of sp³-hybridized carbons (Fsp3) is 0.688. The van der Waals surface area contributed by atoms with Crippen molar-refractivity contribution in [1.82, 2.24) is 18.8 Å². The van der Waals surface area contributed by atoms with Crippen molar-refractivity contribution in [2.24, 2.45) is 7.05 Å². The van der Waals surface area contributed by atoms with Gasteiger partial charge in [-0.1, -0.05) is 6.92 Å². The van der Waals surface area contributed by atoms with Gasteiger partial charge in [0.15, 0.2) is 0 Å². The molecular weight excluding hydrogens is 344 g/mol. The summed E-state index contributed by atoms with van der Waals surface area (Å²) in [6.45, 7) is 6.60. The molecule has 0 spiro atoms. The summed E-state index contributed by atoms with van der Waals surface area (Å²) in [6.07, 6.45) is 0.638. The minimum atomic E-state index is -3.23. The topological polar surface area (TPSA) is 92.6 Å². The average molecular weight is 370 g/mol. The van der Waals surface area contributed by atoms with Gasteiger partial charge in [-0.05, 0) is 20.3 Å². The van der Waals surface area contributed by atoms with Gasteiger partial charge in [0.2, 0.25) is 15.9 Å². The van der Waals surface area contributed by atoms with E-state index in [-0.39, 0.29) is 23.6 Å². The van der Waals surface area contributed by atoms with E-state index in [0.717, 1.165) is 0 Å². The fourth-order valence-electron chi connectivity index (χ4n) is 2.91. The number of aromatic nitrogens is 2. The number of rotatable bonds is 5. The predicted molar refractivity (Wildman–Crippen MR) is 94.9 cm³/mol. The summed E-state index contributed by atoms with van der Waals surface area (Å²) in [5.74, 6) is 0.570. The third kappa shape index (κ3) is 4.27. The van der Waals surface area contributed by atoms with Crippen LogP contribution in [0.25, 0.3) is 0 Å². The van der Waals surface area contributed by atoms with Crippen LogP contribution in [0.5, 0.6) is 0 Å². The van der Waals surface area contributed by atoms with E-state index in [4.69, 9.17) is 0 Å². The maximum absolute atomic E-state index is 12.5. The third-order valence-corrected chi connectivity index (χ3v) is 6.68. The van der Waals surface area contributed by atoms with Crippen LogP contribution in [0.15, 0.2) is 4.79 Å². The second kappa shape index (κ2) is 7.65. The highest BCUT2D eigenvalue weighted by Gasteiger charge is 2.28. The van der Waals surface area contributed by atoms with Crippen LogP contribution in [-0.4, -0.2) is 65.0 Å². The average Bonchev–Trinajstić information content (AvgIpc) is 2.57. The Balaban J connectivity index is 2.04. The first-order valence-corrected chi connectivity index (χ1v) is 10.1. The zero-order valence-electron chi connectivity index (χ0n) is 15.3. The largest absolute Gasteiger partial charge is 0.340 e. The molecule has 1 fully saturated rings. The van der Waals surface area contributed by atoms with Crippen molar-refractivity contribution < 1.29 is 13.2 Å². The van der Waals surface area contributed by atoms with E-state index in [1.807, 2.05) is 6.92 Å². The molecule has 2 heterocycles. The molecule has 1 aliphatic heterocycles. The van der Waals surface area contributed by atoms with E-state index in [1.54, 1.807) is 25.8 Å². The molecule has 140 valence electrons. The Labute approximate surface area is 148 Å². The summed E-state index contributed by atoms with van der Waals surface area (Å²) in [5, 5.41) is 0. The van der Waals surface area contributed by atoms with Gasteiger partial charge in [-0.25, -0.2) is 13.4 Å². The van der Waals surface area contributed by atoms with E-state index in [2.05, 4.69) is 4.98 Å². The van der Waals surface area contributed by atoms with Gasteiger partial charge in [0.1, 0.15) is 5.82 Å². The van der Waals surface area contributed by atoms with Gasteiger partial charge in [0, 0.05) is 38.8 Å². The molecule has 2 rings (SSSR count). The summed E-state index contributed by atoms with van der Waals surface area (Å²) in [7, 11) is -1.57. The van der Waals surface area contributed by atoms with Gasteiger partial charge in [0.25, 0.3) is 5.56 Å². The molecule has 0 atom stereocenters. The molecule has 1 aliphatic rings. The number of hydrogen-bond acceptors (Lipinski definition) is 5. The fourth-order valence-corrected chi connectivity index (χ4v) is 4.40. The lowest BCUT2D eigenvalue weighted by Crippen LogP contribution is -2.51. The second-order valence-corrected chi connectivity index (χ2v) is 8.46. The number of nitrogens with zero attached hydrogens (tertiary/aromatic N) is 4. The number of carbonyl (C=O) groups excluding carboxylic acids is 1. The van der Waals surface area contributed by atoms with Gasteiger partial charge in [-0.15, -0.1) is 0 Å². The van der Waals surface area contributed by atoms with Crippen LogP contribution in [0.2, 0.25) is 0 Å². The monoisotopic (exact) mass is 370 g/mol. The molecule has 1 aromatic heterocycles. The zero-order chi connectivity index (χ0) is 18.8. The summed E-state index contributed by atoms with van der Waals surface area (Å²) >= 11 is 0. The highest BCUT2D eigenvalue weighted by molar-refractivity contribution is 7.89. The summed E-state index contributed by atoms with van der Waals surface area (Å²) in [4.78, 5) is 30.6. The first kappa shape index (κ1) is 19.6. The lowest BCUT2D eigenvalue weighted by molar-refractivity contribution is -0.131. The number of aryl methyl sites for hydroxylation is 1. The van der Waals surface area contributed by atoms with Crippen molar-refractivity contribution in [1.29, 1.82) is 0 Å². The van der Waals surface area contributed by atoms with Crippen molar-refractivity contribution >= 4 is 15.9 Å². The molecule has 0 bridgehead atoms. The zero-order valence-corrected chi connectivity index (χ0v) is 16.1. The van der Waals surface area contributed by atoms with Crippen molar-refractivity contribution in [3.63, 3.8) is 0 Å². The molecule has 0 unspecified atom stereocenters. The van der Waals surface area contributed by atoms with E-state index in [9.17, 15) is 18.0 Å². The second-order valence-electron chi connectivity index (χ2n) is 6.37. The first-order valence-electron chi connectivity index (χ1n) is 8.46. The molecular formula is C16H26N4O4S. The van der Waals surface area contributed by atoms with Crippen LogP contribution in [0.4, 0.5) is 0 Å². The van der Waals surface area contributed by atoms with Crippen LogP contribution >= 0.6 is 0 Å². The number of hydrogen-bond donors (Lipinski definition) is 0. The lowest BCUT2D eigenvalue weighted by Gasteiger charge is -2.34. The highest BCUT2D eigenvalue weighted by atomic mass is 32.2. The number of carbonyl (C=O) groups is 1. The van der Waals surface area contributed by atoms with Crippen molar-refractivity contribution in [3.05, 3.63) is 27.4 Å². The van der Waals surface area contributed by atoms with Gasteiger partial charge >= 0.3 is 0 Å². The van der Waals surface area contributed by atoms with Gasteiger partial charge in [-0.3, -0.25) is 14.2 Å². The number of piperazine rings is 1. The molecule has 0 aromatic carbocycles. The Hall–Kier alpha value is -1.74. The van der Waals surface area contributed by atoms with Crippen molar-refractivity contribution in [2.75, 3.05) is 31.9 Å². The summed E-state index contributed by atoms with van der Waals surface area (Å²) in [6, 6.07) is 0. The number of amides is 1. The molecule has 8 nitrogen and oxygen atoms in total. The normalized spacial score (nSPS) is 16.2. The molecule has 0 saturated carbocycles. The standard InChI is InChI=1S/C16H26N4O4S/c1-5-10-25(23,24)20-8-6-19(7-9-20)15(21)11-14-12(2)16(22)18(4)13(3)17-14/h5-11H2,1-4H3. The van der Waals surface area contributed by atoms with Crippen molar-refractivity contribution in [2.45, 2.75) is 33.6 Å². The van der Waals surface area contributed by atoms with E-state index in [1.165, 1.54) is 8.87 Å². The van der Waals surface area contributed by atoms with Crippen LogP contribution in [0, 0.1) is 13.8 Å². The molecule has 0 aliphatic carbocycles. The minimum absolute atomic E-state index is 0.0600. The smallest absolute Gasteiger partial charge is 0.256 e. The molecule has 1 aromatic rings. The molecule has 0 radical (unpaired) electrons. The van der Waals surface area contributed by atoms with Crippen molar-refractivity contribution in [3.8, 4) is 0 Å². The van der Waals surface area contributed by atoms with Crippen LogP contribution < -0.4 is 5.56 Å². The van der Waals surface area contributed by atoms with E-state index >= 15 is 0 Å². The lowest BCUT2D eigenvalue weighted by atomic mass is 10.1. The molecule has 25 heavy (non-hydrogen) atoms. The quantitative estimate of drug-likeness (QED) is 0.717. The minimum Gasteiger partial charge on any atom is -0.340 e. The third-order valence-electron chi connectivity index (χ3n) is 4.61. The summed E-state index contributed by atoms with van der Waals surface area (Å²) in [5.41, 5.74) is 0.822. The van der Waals surface area contributed by atoms with Crippen LogP contribution in [0.3, 0.4) is 0 Å². The Morgan fingerprint density at radius 1 is 1.16 bits per heavy atom. The molecule has 1 saturated heterocycles. The van der Waals surface area contributed by atoms with Crippen LogP contribution in [0.1, 0.15) is 30.4 Å². The van der Waals surface area contributed by atoms with E-state index < -0.39 is 10.0 Å². The Bertz CT molecular complexity index is 808. The Morgan fingerprint density at radius 3 is 2.32 bits per heavy atom. The maximum atomic E-state index is 12.5. The SMILES string of the molecule is CCCS(=O)(=O)N1CCN(C(=O)Cc2nc(C)n(C)c(=O)c2C)CC1. The molecule has 0 N–H and O–H groups in total. The number of sulfonamides is 1. The molecule has 1 amide bonds. The highest BCUT2D eigenvalue weighted by Crippen LogP contribution is 2.11. The Morgan fingerprint density at radius 2 is 1.76 bits per heavy atom. The predicted octanol–water partition coefficient (Wildman–Crippen LogP) is -0.176. The first-order chi connectivity index (χ1) is 11.7. The van der Waals surface area contributed by atoms with Gasteiger partial charge in [-0.2, -0.15) is 4.31 Å². The maximum Gasteiger partial charge on any atom is 0.256 e. The van der Waals surface area contributed by atoms with E-state index in [0.29, 0.717) is 49.7 Å². The van der Waals surface area contributed by atoms with Crippen LogP contribution in [-0.2, 0) is 28.3 Å². The summed E-state index contributed by atoms with van der Waals surface area (Å²) < 4.78 is 27.1. The Kier molecular flexibility index (Phi) is 5.99. The molecule has 9 heteroatoms. The van der Waals surface area contributed by atoms with Gasteiger partial charge in [0.05, 0.1) is 17.9 Å².